The molecule has 0 radical (unpaired) electrons. The number of ether oxygens (including phenoxy) is 2. The number of halogens is 1. The number of aryl methyl sites for hydroxylation is 2. The Labute approximate surface area is 173 Å². The Bertz CT molecular complexity index is 963. The number of benzene rings is 3. The summed E-state index contributed by atoms with van der Waals surface area (Å²) >= 11 is 3.39. The molecule has 144 valence electrons. The number of methoxy groups -OCH3 is 1. The number of nitrogens with one attached hydrogen (secondary N) is 1. The molecule has 3 aromatic rings. The van der Waals surface area contributed by atoms with Gasteiger partial charge in [-0.3, -0.25) is 4.79 Å². The predicted octanol–water partition coefficient (Wildman–Crippen LogP) is 5.91. The summed E-state index contributed by atoms with van der Waals surface area (Å²) in [4.78, 5) is 12.6. The average molecular weight is 440 g/mol. The molecule has 3 aromatic carbocycles. The Hall–Kier alpha value is -2.79. The van der Waals surface area contributed by atoms with Crippen molar-refractivity contribution in [3.8, 4) is 11.5 Å². The molecule has 4 nitrogen and oxygen atoms in total. The number of anilines is 1. The van der Waals surface area contributed by atoms with E-state index in [4.69, 9.17) is 9.47 Å². The van der Waals surface area contributed by atoms with E-state index in [0.29, 0.717) is 17.9 Å². The minimum absolute atomic E-state index is 0.183. The van der Waals surface area contributed by atoms with Gasteiger partial charge in [0.15, 0.2) is 0 Å². The normalized spacial score (nSPS) is 10.4. The topological polar surface area (TPSA) is 47.6 Å². The van der Waals surface area contributed by atoms with Crippen LogP contribution in [-0.2, 0) is 6.61 Å². The van der Waals surface area contributed by atoms with Gasteiger partial charge in [-0.25, -0.2) is 0 Å². The number of hydrogen-bond donors (Lipinski definition) is 1. The third-order valence-electron chi connectivity index (χ3n) is 4.23. The molecule has 0 aliphatic rings. The Balaban J connectivity index is 1.77. The van der Waals surface area contributed by atoms with Crippen molar-refractivity contribution in [2.45, 2.75) is 20.5 Å². The molecular formula is C23H22BrNO3. The quantitative estimate of drug-likeness (QED) is 0.519. The van der Waals surface area contributed by atoms with Crippen molar-refractivity contribution < 1.29 is 14.3 Å². The van der Waals surface area contributed by atoms with Gasteiger partial charge in [-0.05, 0) is 79.6 Å². The lowest BCUT2D eigenvalue weighted by Gasteiger charge is -2.13. The van der Waals surface area contributed by atoms with Gasteiger partial charge < -0.3 is 14.8 Å². The number of rotatable bonds is 6. The number of carbonyl (C=O) groups is 1. The molecule has 1 amide bonds. The van der Waals surface area contributed by atoms with Crippen molar-refractivity contribution in [3.63, 3.8) is 0 Å². The fourth-order valence-corrected chi connectivity index (χ4v) is 3.21. The molecule has 1 N–H and O–H groups in total. The van der Waals surface area contributed by atoms with Crippen LogP contribution < -0.4 is 14.8 Å². The van der Waals surface area contributed by atoms with Gasteiger partial charge >= 0.3 is 0 Å². The van der Waals surface area contributed by atoms with Gasteiger partial charge in [0.2, 0.25) is 0 Å². The van der Waals surface area contributed by atoms with Crippen molar-refractivity contribution in [2.24, 2.45) is 0 Å². The van der Waals surface area contributed by atoms with Crippen LogP contribution >= 0.6 is 15.9 Å². The van der Waals surface area contributed by atoms with E-state index in [-0.39, 0.29) is 5.91 Å². The lowest BCUT2D eigenvalue weighted by Crippen LogP contribution is -2.12. The van der Waals surface area contributed by atoms with Crippen LogP contribution in [0.1, 0.15) is 27.0 Å². The summed E-state index contributed by atoms with van der Waals surface area (Å²) in [5.74, 6) is 1.30. The molecule has 0 aliphatic carbocycles. The zero-order valence-electron chi connectivity index (χ0n) is 16.1. The summed E-state index contributed by atoms with van der Waals surface area (Å²) in [6, 6.07) is 18.9. The van der Waals surface area contributed by atoms with Gasteiger partial charge in [0, 0.05) is 21.3 Å². The summed E-state index contributed by atoms with van der Waals surface area (Å²) in [7, 11) is 1.61. The van der Waals surface area contributed by atoms with Crippen molar-refractivity contribution in [1.82, 2.24) is 0 Å². The highest BCUT2D eigenvalue weighted by atomic mass is 79.9. The molecule has 0 fully saturated rings. The van der Waals surface area contributed by atoms with Crippen molar-refractivity contribution in [1.29, 1.82) is 0 Å². The molecule has 3 rings (SSSR count). The fraction of sp³-hybridized carbons (Fsp3) is 0.174. The van der Waals surface area contributed by atoms with E-state index in [9.17, 15) is 4.79 Å². The first-order chi connectivity index (χ1) is 13.4. The maximum Gasteiger partial charge on any atom is 0.255 e. The first-order valence-corrected chi connectivity index (χ1v) is 9.69. The van der Waals surface area contributed by atoms with Crippen molar-refractivity contribution in [2.75, 3.05) is 12.4 Å². The van der Waals surface area contributed by atoms with E-state index >= 15 is 0 Å². The lowest BCUT2D eigenvalue weighted by molar-refractivity contribution is 0.102. The van der Waals surface area contributed by atoms with E-state index in [2.05, 4.69) is 27.3 Å². The van der Waals surface area contributed by atoms with E-state index in [1.54, 1.807) is 25.3 Å². The van der Waals surface area contributed by atoms with Gasteiger partial charge in [-0.15, -0.1) is 0 Å². The van der Waals surface area contributed by atoms with Gasteiger partial charge in [0.25, 0.3) is 5.91 Å². The molecular weight excluding hydrogens is 418 g/mol. The summed E-state index contributed by atoms with van der Waals surface area (Å²) in [6.07, 6.45) is 0. The van der Waals surface area contributed by atoms with Crippen LogP contribution in [0.3, 0.4) is 0 Å². The Morgan fingerprint density at radius 1 is 0.964 bits per heavy atom. The van der Waals surface area contributed by atoms with Crippen LogP contribution in [-0.4, -0.2) is 13.0 Å². The minimum Gasteiger partial charge on any atom is -0.496 e. The Morgan fingerprint density at radius 2 is 1.64 bits per heavy atom. The number of hydrogen-bond acceptors (Lipinski definition) is 3. The number of carbonyl (C=O) groups excluding carboxylic acids is 1. The van der Waals surface area contributed by atoms with Crippen molar-refractivity contribution in [3.05, 3.63) is 87.4 Å². The summed E-state index contributed by atoms with van der Waals surface area (Å²) < 4.78 is 12.3. The largest absolute Gasteiger partial charge is 0.496 e. The van der Waals surface area contributed by atoms with Gasteiger partial charge in [-0.2, -0.15) is 0 Å². The summed E-state index contributed by atoms with van der Waals surface area (Å²) in [5.41, 5.74) is 4.37. The molecule has 0 atom stereocenters. The molecule has 0 aliphatic heterocycles. The van der Waals surface area contributed by atoms with Crippen LogP contribution in [0.5, 0.6) is 11.5 Å². The lowest BCUT2D eigenvalue weighted by atomic mass is 10.1. The predicted molar refractivity (Wildman–Crippen MR) is 115 cm³/mol. The highest BCUT2D eigenvalue weighted by Gasteiger charge is 2.12. The minimum atomic E-state index is -0.183. The van der Waals surface area contributed by atoms with E-state index in [1.807, 2.05) is 50.2 Å². The molecule has 0 heterocycles. The second-order valence-electron chi connectivity index (χ2n) is 6.60. The van der Waals surface area contributed by atoms with Crippen molar-refractivity contribution >= 4 is 27.5 Å². The molecule has 0 saturated carbocycles. The second-order valence-corrected chi connectivity index (χ2v) is 7.52. The van der Waals surface area contributed by atoms with E-state index in [0.717, 1.165) is 32.6 Å². The van der Waals surface area contributed by atoms with Gasteiger partial charge in [0.1, 0.15) is 18.1 Å². The highest BCUT2D eigenvalue weighted by Crippen LogP contribution is 2.24. The maximum atomic E-state index is 12.6. The van der Waals surface area contributed by atoms with E-state index in [1.165, 1.54) is 0 Å². The molecule has 28 heavy (non-hydrogen) atoms. The zero-order chi connectivity index (χ0) is 20.1. The Morgan fingerprint density at radius 3 is 2.29 bits per heavy atom. The van der Waals surface area contributed by atoms with Gasteiger partial charge in [-0.1, -0.05) is 22.0 Å². The van der Waals surface area contributed by atoms with E-state index < -0.39 is 0 Å². The second kappa shape index (κ2) is 8.93. The SMILES string of the molecule is COc1ccc(C(=O)Nc2ccc(Br)cc2)cc1COc1cc(C)cc(C)c1. The molecule has 0 aromatic heterocycles. The highest BCUT2D eigenvalue weighted by molar-refractivity contribution is 9.10. The standard InChI is InChI=1S/C23H22BrNO3/c1-15-10-16(2)12-21(11-15)28-14-18-13-17(4-9-22(18)27-3)23(26)25-20-7-5-19(24)6-8-20/h4-13H,14H2,1-3H3,(H,25,26). The zero-order valence-corrected chi connectivity index (χ0v) is 17.7. The van der Waals surface area contributed by atoms with Crippen LogP contribution in [0.4, 0.5) is 5.69 Å². The molecule has 0 unspecified atom stereocenters. The molecule has 0 bridgehead atoms. The van der Waals surface area contributed by atoms with Crippen LogP contribution in [0.15, 0.2) is 65.1 Å². The first kappa shape index (κ1) is 20.0. The monoisotopic (exact) mass is 439 g/mol. The molecule has 0 saturated heterocycles. The third kappa shape index (κ3) is 5.14. The summed E-state index contributed by atoms with van der Waals surface area (Å²) in [6.45, 7) is 4.38. The first-order valence-electron chi connectivity index (χ1n) is 8.89. The average Bonchev–Trinajstić information content (AvgIpc) is 2.67. The van der Waals surface area contributed by atoms with Crippen LogP contribution in [0, 0.1) is 13.8 Å². The molecule has 0 spiro atoms. The fourth-order valence-electron chi connectivity index (χ4n) is 2.95. The van der Waals surface area contributed by atoms with Gasteiger partial charge in [0.05, 0.1) is 7.11 Å². The smallest absolute Gasteiger partial charge is 0.255 e. The maximum absolute atomic E-state index is 12.6. The number of amides is 1. The third-order valence-corrected chi connectivity index (χ3v) is 4.76. The van der Waals surface area contributed by atoms with Crippen LogP contribution in [0.2, 0.25) is 0 Å². The summed E-state index contributed by atoms with van der Waals surface area (Å²) in [5, 5.41) is 2.90. The molecule has 5 heteroatoms. The van der Waals surface area contributed by atoms with Crippen LogP contribution in [0.25, 0.3) is 0 Å². The Kier molecular flexibility index (Phi) is 6.37.